The van der Waals surface area contributed by atoms with E-state index >= 15 is 4.39 Å². The molecule has 1 unspecified atom stereocenters. The van der Waals surface area contributed by atoms with E-state index in [-0.39, 0.29) is 6.61 Å². The fourth-order valence-corrected chi connectivity index (χ4v) is 4.36. The van der Waals surface area contributed by atoms with E-state index in [1.165, 1.54) is 0 Å². The standard InChI is InChI=1S/C17H18FN2O8P/c1-10-3-2-4-11-8-25-29(24,28-14(10)11)26-9-17(18)7-12(21)15(27-17)20-6-5-13(22)19-16(20)23/h2-6,12,15,21H,7-9H2,1H3,(H,19,22,23)/t12-,15-,17+,29?/m1/s1/i15D. The molecule has 29 heavy (non-hydrogen) atoms. The van der Waals surface area contributed by atoms with Gasteiger partial charge < -0.3 is 14.4 Å². The second-order valence-electron chi connectivity index (χ2n) is 6.67. The molecule has 0 amide bonds. The van der Waals surface area contributed by atoms with E-state index < -0.39 is 50.3 Å². The lowest BCUT2D eigenvalue weighted by molar-refractivity contribution is -0.179. The van der Waals surface area contributed by atoms with Crippen LogP contribution >= 0.6 is 7.82 Å². The SMILES string of the molecule is [2H][C@@]1(n2ccc(=O)[nH]c2=O)O[C@](F)(COP2(=O)OCc3cccc(C)c3O2)C[C@H]1O. The molecule has 156 valence electrons. The highest BCUT2D eigenvalue weighted by atomic mass is 31.2. The van der Waals surface area contributed by atoms with E-state index in [4.69, 9.17) is 19.7 Å². The number of aliphatic hydroxyl groups is 1. The van der Waals surface area contributed by atoms with Gasteiger partial charge in [-0.3, -0.25) is 23.4 Å². The number of phosphoric acid groups is 1. The van der Waals surface area contributed by atoms with E-state index in [2.05, 4.69) is 0 Å². The zero-order valence-corrected chi connectivity index (χ0v) is 16.1. The molecule has 1 fully saturated rings. The number of aryl methyl sites for hydroxylation is 1. The van der Waals surface area contributed by atoms with Crippen molar-refractivity contribution in [2.24, 2.45) is 0 Å². The molecule has 1 aromatic carbocycles. The lowest BCUT2D eigenvalue weighted by atomic mass is 10.1. The van der Waals surface area contributed by atoms with Crippen LogP contribution in [0.5, 0.6) is 5.75 Å². The number of hydrogen-bond donors (Lipinski definition) is 2. The summed E-state index contributed by atoms with van der Waals surface area (Å²) < 4.78 is 57.3. The Morgan fingerprint density at radius 3 is 3.03 bits per heavy atom. The molecular weight excluding hydrogens is 410 g/mol. The maximum Gasteiger partial charge on any atom is 0.530 e. The Hall–Kier alpha value is -2.30. The van der Waals surface area contributed by atoms with Gasteiger partial charge in [-0.2, -0.15) is 0 Å². The maximum atomic E-state index is 15.2. The highest BCUT2D eigenvalue weighted by Crippen LogP contribution is 2.56. The molecule has 2 aliphatic rings. The van der Waals surface area contributed by atoms with Gasteiger partial charge in [0.15, 0.2) is 6.20 Å². The minimum atomic E-state index is -4.20. The molecule has 1 saturated heterocycles. The average molecular weight is 429 g/mol. The van der Waals surface area contributed by atoms with Gasteiger partial charge in [-0.05, 0) is 12.5 Å². The number of H-pyrrole nitrogens is 1. The Morgan fingerprint density at radius 2 is 2.28 bits per heavy atom. The van der Waals surface area contributed by atoms with Crippen molar-refractivity contribution in [2.45, 2.75) is 38.1 Å². The first kappa shape index (κ1) is 18.7. The molecule has 12 heteroatoms. The fourth-order valence-electron chi connectivity index (χ4n) is 3.05. The number of halogens is 1. The molecular formula is C17H18FN2O8P. The third kappa shape index (κ3) is 3.92. The second-order valence-corrected chi connectivity index (χ2v) is 8.27. The molecule has 0 saturated carbocycles. The number of fused-ring (bicyclic) bond motifs is 1. The minimum absolute atomic E-state index is 0.0772. The normalized spacial score (nSPS) is 34.3. The number of aromatic amines is 1. The molecule has 2 aromatic rings. The van der Waals surface area contributed by atoms with Gasteiger partial charge in [0.2, 0.25) is 5.85 Å². The summed E-state index contributed by atoms with van der Waals surface area (Å²) in [6.45, 7) is 0.658. The van der Waals surface area contributed by atoms with Crippen LogP contribution in [0.25, 0.3) is 0 Å². The number of phosphoric ester groups is 1. The molecule has 4 rings (SSSR count). The number of aliphatic hydroxyl groups excluding tert-OH is 1. The molecule has 1 aromatic heterocycles. The largest absolute Gasteiger partial charge is 0.530 e. The molecule has 2 aliphatic heterocycles. The minimum Gasteiger partial charge on any atom is -0.403 e. The Labute approximate surface area is 164 Å². The monoisotopic (exact) mass is 429 g/mol. The third-order valence-electron chi connectivity index (χ3n) is 4.44. The molecule has 10 nitrogen and oxygen atoms in total. The van der Waals surface area contributed by atoms with E-state index in [1.54, 1.807) is 25.1 Å². The van der Waals surface area contributed by atoms with Crippen molar-refractivity contribution >= 4 is 7.82 Å². The maximum absolute atomic E-state index is 15.2. The van der Waals surface area contributed by atoms with Crippen molar-refractivity contribution in [3.05, 3.63) is 62.4 Å². The van der Waals surface area contributed by atoms with Gasteiger partial charge in [-0.15, -0.1) is 0 Å². The molecule has 3 heterocycles. The van der Waals surface area contributed by atoms with Crippen LogP contribution in [0.1, 0.15) is 25.1 Å². The summed E-state index contributed by atoms with van der Waals surface area (Å²) in [7, 11) is -4.20. The van der Waals surface area contributed by atoms with Crippen molar-refractivity contribution in [2.75, 3.05) is 6.61 Å². The number of para-hydroxylation sites is 1. The number of nitrogens with one attached hydrogen (secondary N) is 1. The van der Waals surface area contributed by atoms with E-state index in [0.29, 0.717) is 21.4 Å². The third-order valence-corrected chi connectivity index (χ3v) is 5.74. The van der Waals surface area contributed by atoms with E-state index in [1.807, 2.05) is 4.98 Å². The van der Waals surface area contributed by atoms with Crippen LogP contribution in [-0.2, 0) is 25.0 Å². The smallest absolute Gasteiger partial charge is 0.403 e. The topological polar surface area (TPSA) is 129 Å². The Kier molecular flexibility index (Phi) is 4.64. The predicted molar refractivity (Wildman–Crippen MR) is 96.1 cm³/mol. The average Bonchev–Trinajstić information content (AvgIpc) is 2.91. The second kappa shape index (κ2) is 7.19. The zero-order valence-electron chi connectivity index (χ0n) is 16.2. The molecule has 0 bridgehead atoms. The first-order valence-electron chi connectivity index (χ1n) is 9.10. The quantitative estimate of drug-likeness (QED) is 0.700. The van der Waals surface area contributed by atoms with Crippen LogP contribution in [0.15, 0.2) is 40.1 Å². The Balaban J connectivity index is 1.52. The number of aromatic nitrogens is 2. The van der Waals surface area contributed by atoms with E-state index in [9.17, 15) is 19.3 Å². The van der Waals surface area contributed by atoms with Gasteiger partial charge in [0.1, 0.15) is 18.5 Å². The number of nitrogens with zero attached hydrogens (tertiary/aromatic N) is 1. The summed E-state index contributed by atoms with van der Waals surface area (Å²) in [5, 5.41) is 10.2. The van der Waals surface area contributed by atoms with Gasteiger partial charge in [0, 0.05) is 24.2 Å². The van der Waals surface area contributed by atoms with E-state index in [0.717, 1.165) is 12.3 Å². The van der Waals surface area contributed by atoms with Crippen LogP contribution in [0, 0.1) is 6.92 Å². The lowest BCUT2D eigenvalue weighted by Gasteiger charge is -2.28. The summed E-state index contributed by atoms with van der Waals surface area (Å²) in [5.74, 6) is -2.48. The first-order valence-corrected chi connectivity index (χ1v) is 10.1. The first-order chi connectivity index (χ1) is 14.0. The molecule has 4 atom stereocenters. The summed E-state index contributed by atoms with van der Waals surface area (Å²) in [5.41, 5.74) is -0.470. The predicted octanol–water partition coefficient (Wildman–Crippen LogP) is 1.52. The van der Waals surface area contributed by atoms with Crippen LogP contribution < -0.4 is 15.8 Å². The van der Waals surface area contributed by atoms with Crippen LogP contribution in [-0.4, -0.2) is 33.2 Å². The van der Waals surface area contributed by atoms with Crippen molar-refractivity contribution < 1.29 is 33.7 Å². The lowest BCUT2D eigenvalue weighted by Crippen LogP contribution is -2.35. The van der Waals surface area contributed by atoms with Gasteiger partial charge in [0.05, 0.1) is 7.98 Å². The summed E-state index contributed by atoms with van der Waals surface area (Å²) >= 11 is 0. The van der Waals surface area contributed by atoms with Crippen LogP contribution in [0.3, 0.4) is 0 Å². The van der Waals surface area contributed by atoms with Crippen molar-refractivity contribution in [3.8, 4) is 5.75 Å². The van der Waals surface area contributed by atoms with Gasteiger partial charge in [0.25, 0.3) is 5.56 Å². The molecule has 0 aliphatic carbocycles. The summed E-state index contributed by atoms with van der Waals surface area (Å²) in [6, 6.07) is 6.15. The van der Waals surface area contributed by atoms with Gasteiger partial charge in [-0.25, -0.2) is 13.8 Å². The number of benzene rings is 1. The number of alkyl halides is 1. The highest BCUT2D eigenvalue weighted by Gasteiger charge is 2.50. The Morgan fingerprint density at radius 1 is 1.48 bits per heavy atom. The van der Waals surface area contributed by atoms with Crippen LogP contribution in [0.4, 0.5) is 4.39 Å². The summed E-state index contributed by atoms with van der Waals surface area (Å²) in [6.07, 6.45) is -4.24. The number of rotatable bonds is 4. The van der Waals surface area contributed by atoms with Gasteiger partial charge in [-0.1, -0.05) is 18.2 Å². The molecule has 0 spiro atoms. The number of hydrogen-bond acceptors (Lipinski definition) is 8. The highest BCUT2D eigenvalue weighted by molar-refractivity contribution is 7.49. The van der Waals surface area contributed by atoms with Crippen molar-refractivity contribution in [1.82, 2.24) is 9.55 Å². The van der Waals surface area contributed by atoms with Crippen molar-refractivity contribution in [3.63, 3.8) is 0 Å². The van der Waals surface area contributed by atoms with Crippen molar-refractivity contribution in [1.29, 1.82) is 0 Å². The molecule has 0 radical (unpaired) electrons. The van der Waals surface area contributed by atoms with Gasteiger partial charge >= 0.3 is 13.5 Å². The fraction of sp³-hybridized carbons (Fsp3) is 0.412. The molecule has 2 N–H and O–H groups in total. The number of ether oxygens (including phenoxy) is 1. The van der Waals surface area contributed by atoms with Crippen LogP contribution in [0.2, 0.25) is 0 Å². The zero-order chi connectivity index (χ0) is 21.7. The Bertz CT molecular complexity index is 1160. The summed E-state index contributed by atoms with van der Waals surface area (Å²) in [4.78, 5) is 25.1.